The molecule has 0 aliphatic carbocycles. The van der Waals surface area contributed by atoms with E-state index in [9.17, 15) is 9.59 Å². The van der Waals surface area contributed by atoms with Gasteiger partial charge in [-0.15, -0.1) is 0 Å². The first-order valence-electron chi connectivity index (χ1n) is 14.8. The highest BCUT2D eigenvalue weighted by Gasteiger charge is 2.37. The van der Waals surface area contributed by atoms with Crippen molar-refractivity contribution in [3.63, 3.8) is 0 Å². The number of H-pyrrole nitrogens is 1. The molecule has 2 saturated heterocycles. The summed E-state index contributed by atoms with van der Waals surface area (Å²) in [6, 6.07) is 7.97. The van der Waals surface area contributed by atoms with Gasteiger partial charge in [-0.1, -0.05) is 18.1 Å². The summed E-state index contributed by atoms with van der Waals surface area (Å²) in [5.74, 6) is 7.10. The molecule has 0 unspecified atom stereocenters. The van der Waals surface area contributed by atoms with Crippen molar-refractivity contribution in [1.82, 2.24) is 19.8 Å². The molecule has 2 fully saturated rings. The molecule has 9 heteroatoms. The first-order valence-corrected chi connectivity index (χ1v) is 14.8. The summed E-state index contributed by atoms with van der Waals surface area (Å²) in [6.45, 7) is 12.6. The third-order valence-electron chi connectivity index (χ3n) is 7.41. The highest BCUT2D eigenvalue weighted by atomic mass is 16.6. The summed E-state index contributed by atoms with van der Waals surface area (Å²) in [7, 11) is 0. The Balaban J connectivity index is 1.18. The average molecular weight is 572 g/mol. The quantitative estimate of drug-likeness (QED) is 0.426. The van der Waals surface area contributed by atoms with E-state index in [0.717, 1.165) is 53.9 Å². The lowest BCUT2D eigenvalue weighted by Crippen LogP contribution is -2.43. The van der Waals surface area contributed by atoms with Crippen LogP contribution in [0.2, 0.25) is 0 Å². The van der Waals surface area contributed by atoms with Gasteiger partial charge in [-0.05, 0) is 96.4 Å². The molecule has 0 spiro atoms. The molecule has 0 bridgehead atoms. The van der Waals surface area contributed by atoms with Gasteiger partial charge in [0, 0.05) is 37.0 Å². The number of benzene rings is 1. The number of nitrogens with zero attached hydrogens (tertiary/aromatic N) is 4. The van der Waals surface area contributed by atoms with E-state index >= 15 is 0 Å². The molecule has 0 saturated carbocycles. The lowest BCUT2D eigenvalue weighted by molar-refractivity contribution is 0.0216. The fourth-order valence-electron chi connectivity index (χ4n) is 5.55. The first kappa shape index (κ1) is 29.4. The topological polar surface area (TPSA) is 100 Å². The normalized spacial score (nSPS) is 20.6. The van der Waals surface area contributed by atoms with Crippen molar-refractivity contribution in [2.45, 2.75) is 96.9 Å². The molecule has 2 atom stereocenters. The SMILES string of the molecule is CC(C)(C)OC(=O)N1CCC[C@H]1C1=NC=C(c2ccc(C#Cc3cnc([C@@H]4CCCN4C(=O)OC(C)(C)C)[nH]3)cc2)C1. The number of nitrogens with one attached hydrogen (secondary N) is 1. The van der Waals surface area contributed by atoms with Crippen LogP contribution in [0.4, 0.5) is 9.59 Å². The molecule has 4 heterocycles. The number of ether oxygens (including phenoxy) is 2. The summed E-state index contributed by atoms with van der Waals surface area (Å²) in [5.41, 5.74) is 3.76. The Bertz CT molecular complexity index is 1450. The Morgan fingerprint density at radius 1 is 0.881 bits per heavy atom. The van der Waals surface area contributed by atoms with Gasteiger partial charge in [0.1, 0.15) is 22.7 Å². The maximum absolute atomic E-state index is 12.7. The summed E-state index contributed by atoms with van der Waals surface area (Å²) in [4.78, 5) is 41.5. The van der Waals surface area contributed by atoms with Crippen molar-refractivity contribution in [3.05, 3.63) is 59.3 Å². The molecule has 0 radical (unpaired) electrons. The minimum atomic E-state index is -0.540. The molecule has 3 aliphatic rings. The van der Waals surface area contributed by atoms with Crippen LogP contribution in [0.15, 0.2) is 41.7 Å². The molecule has 2 aromatic rings. The van der Waals surface area contributed by atoms with E-state index in [0.29, 0.717) is 25.2 Å². The zero-order valence-electron chi connectivity index (χ0n) is 25.5. The highest BCUT2D eigenvalue weighted by molar-refractivity contribution is 6.02. The maximum atomic E-state index is 12.7. The monoisotopic (exact) mass is 571 g/mol. The zero-order chi connectivity index (χ0) is 30.1. The minimum absolute atomic E-state index is 0.0153. The fraction of sp³-hybridized carbons (Fsp3) is 0.515. The van der Waals surface area contributed by atoms with E-state index in [1.807, 2.05) is 64.8 Å². The van der Waals surface area contributed by atoms with Gasteiger partial charge in [-0.25, -0.2) is 14.6 Å². The number of hydrogen-bond donors (Lipinski definition) is 1. The lowest BCUT2D eigenvalue weighted by atomic mass is 9.98. The zero-order valence-corrected chi connectivity index (χ0v) is 25.5. The van der Waals surface area contributed by atoms with Crippen LogP contribution in [0, 0.1) is 11.8 Å². The second-order valence-electron chi connectivity index (χ2n) is 13.1. The summed E-state index contributed by atoms with van der Waals surface area (Å²) in [6.07, 6.45) is 7.36. The van der Waals surface area contributed by atoms with E-state index < -0.39 is 11.2 Å². The fourth-order valence-corrected chi connectivity index (χ4v) is 5.55. The minimum Gasteiger partial charge on any atom is -0.444 e. The second-order valence-corrected chi connectivity index (χ2v) is 13.1. The molecule has 9 nitrogen and oxygen atoms in total. The predicted molar refractivity (Wildman–Crippen MR) is 162 cm³/mol. The van der Waals surface area contributed by atoms with Crippen molar-refractivity contribution in [1.29, 1.82) is 0 Å². The Hall–Kier alpha value is -4.06. The van der Waals surface area contributed by atoms with Crippen LogP contribution < -0.4 is 0 Å². The van der Waals surface area contributed by atoms with E-state index in [4.69, 9.17) is 14.5 Å². The van der Waals surface area contributed by atoms with Gasteiger partial charge in [-0.3, -0.25) is 14.8 Å². The molecule has 1 N–H and O–H groups in total. The van der Waals surface area contributed by atoms with Gasteiger partial charge in [0.15, 0.2) is 0 Å². The molecule has 5 rings (SSSR count). The van der Waals surface area contributed by atoms with Crippen molar-refractivity contribution in [3.8, 4) is 11.8 Å². The number of carbonyl (C=O) groups is 2. The maximum Gasteiger partial charge on any atom is 0.410 e. The lowest BCUT2D eigenvalue weighted by Gasteiger charge is -2.28. The average Bonchev–Trinajstić information content (AvgIpc) is 3.71. The van der Waals surface area contributed by atoms with Crippen LogP contribution in [0.1, 0.15) is 102 Å². The third-order valence-corrected chi connectivity index (χ3v) is 7.41. The Morgan fingerprint density at radius 2 is 1.48 bits per heavy atom. The molecule has 2 amide bonds. The standard InChI is InChI=1S/C33H41N5O4/c1-32(2,3)41-30(39)37-17-7-9-27(37)26-19-24(20-34-26)23-14-11-22(12-15-23)13-16-25-21-35-29(36-25)28-10-8-18-38(28)31(40)42-33(4,5)6/h11-12,14-15,20-21,27-28H,7-10,17-19H2,1-6H3,(H,35,36)/t27-,28-/m0/s1. The van der Waals surface area contributed by atoms with E-state index in [1.165, 1.54) is 0 Å². The predicted octanol–water partition coefficient (Wildman–Crippen LogP) is 6.47. The smallest absolute Gasteiger partial charge is 0.410 e. The third kappa shape index (κ3) is 7.04. The molecule has 42 heavy (non-hydrogen) atoms. The number of likely N-dealkylation sites (tertiary alicyclic amines) is 2. The van der Waals surface area contributed by atoms with Crippen molar-refractivity contribution >= 4 is 23.5 Å². The molecule has 1 aromatic carbocycles. The number of imidazole rings is 1. The van der Waals surface area contributed by atoms with Crippen LogP contribution in [-0.2, 0) is 9.47 Å². The van der Waals surface area contributed by atoms with Crippen LogP contribution in [-0.4, -0.2) is 68.0 Å². The van der Waals surface area contributed by atoms with Gasteiger partial charge in [0.05, 0.1) is 18.3 Å². The summed E-state index contributed by atoms with van der Waals surface area (Å²) < 4.78 is 11.2. The van der Waals surface area contributed by atoms with Crippen molar-refractivity contribution in [2.24, 2.45) is 4.99 Å². The Kier molecular flexibility index (Phi) is 8.18. The molecule has 222 valence electrons. The summed E-state index contributed by atoms with van der Waals surface area (Å²) in [5, 5.41) is 0. The number of hydrogen-bond acceptors (Lipinski definition) is 6. The van der Waals surface area contributed by atoms with E-state index in [-0.39, 0.29) is 24.3 Å². The summed E-state index contributed by atoms with van der Waals surface area (Å²) >= 11 is 0. The van der Waals surface area contributed by atoms with Crippen LogP contribution >= 0.6 is 0 Å². The van der Waals surface area contributed by atoms with Crippen LogP contribution in [0.3, 0.4) is 0 Å². The van der Waals surface area contributed by atoms with E-state index in [1.54, 1.807) is 11.1 Å². The Labute approximate surface area is 248 Å². The molecule has 1 aromatic heterocycles. The van der Waals surface area contributed by atoms with E-state index in [2.05, 4.69) is 33.9 Å². The highest BCUT2D eigenvalue weighted by Crippen LogP contribution is 2.32. The van der Waals surface area contributed by atoms with Crippen molar-refractivity contribution < 1.29 is 19.1 Å². The first-order chi connectivity index (χ1) is 19.9. The number of amides is 2. The molecule has 3 aliphatic heterocycles. The number of rotatable bonds is 3. The van der Waals surface area contributed by atoms with Gasteiger partial charge < -0.3 is 14.5 Å². The molecular formula is C33H41N5O4. The molecular weight excluding hydrogens is 530 g/mol. The van der Waals surface area contributed by atoms with Crippen LogP contribution in [0.5, 0.6) is 0 Å². The van der Waals surface area contributed by atoms with Gasteiger partial charge in [0.2, 0.25) is 0 Å². The number of aromatic nitrogens is 2. The number of allylic oxidation sites excluding steroid dienone is 1. The Morgan fingerprint density at radius 3 is 2.10 bits per heavy atom. The number of aliphatic imine (C=N–C) groups is 1. The van der Waals surface area contributed by atoms with Gasteiger partial charge >= 0.3 is 12.2 Å². The largest absolute Gasteiger partial charge is 0.444 e. The second kappa shape index (κ2) is 11.7. The van der Waals surface area contributed by atoms with Gasteiger partial charge in [-0.2, -0.15) is 0 Å². The van der Waals surface area contributed by atoms with Crippen LogP contribution in [0.25, 0.3) is 5.57 Å². The van der Waals surface area contributed by atoms with Gasteiger partial charge in [0.25, 0.3) is 0 Å². The number of aromatic amines is 1. The number of carbonyl (C=O) groups excluding carboxylic acids is 2. The van der Waals surface area contributed by atoms with Crippen molar-refractivity contribution in [2.75, 3.05) is 13.1 Å².